The number of hydrogen-bond donors (Lipinski definition) is 1. The molecule has 1 spiro atoms. The Morgan fingerprint density at radius 1 is 1.24 bits per heavy atom. The maximum absolute atomic E-state index is 14.3. The topological polar surface area (TPSA) is 81.2 Å². The summed E-state index contributed by atoms with van der Waals surface area (Å²) < 4.78 is -0.751. The summed E-state index contributed by atoms with van der Waals surface area (Å²) in [6, 6.07) is 8.13. The lowest BCUT2D eigenvalue weighted by atomic mass is 9.70. The second-order valence-electron chi connectivity index (χ2n) is 10.4. The molecule has 0 radical (unpaired) electrons. The van der Waals surface area contributed by atoms with Gasteiger partial charge in [-0.05, 0) is 31.9 Å². The zero-order valence-corrected chi connectivity index (χ0v) is 24.6. The van der Waals surface area contributed by atoms with Crippen LogP contribution in [0.1, 0.15) is 33.1 Å². The van der Waals surface area contributed by atoms with E-state index in [4.69, 9.17) is 0 Å². The number of aliphatic hydroxyl groups excluding tert-OH is 1. The molecule has 1 aromatic rings. The lowest BCUT2D eigenvalue weighted by molar-refractivity contribution is -0.145. The normalized spacial score (nSPS) is 30.2. The molecule has 7 atom stereocenters. The summed E-state index contributed by atoms with van der Waals surface area (Å²) in [6.45, 7) is 12.6. The third-order valence-electron chi connectivity index (χ3n) is 8.07. The minimum absolute atomic E-state index is 0.0185. The second-order valence-corrected chi connectivity index (χ2v) is 13.2. The van der Waals surface area contributed by atoms with E-state index in [0.29, 0.717) is 26.1 Å². The van der Waals surface area contributed by atoms with E-state index in [1.54, 1.807) is 45.5 Å². The van der Waals surface area contributed by atoms with Crippen molar-refractivity contribution in [1.82, 2.24) is 9.80 Å². The van der Waals surface area contributed by atoms with Crippen molar-refractivity contribution in [2.45, 2.75) is 60.0 Å². The highest BCUT2D eigenvalue weighted by Crippen LogP contribution is 2.68. The number of fused-ring (bicyclic) bond motifs is 1. The van der Waals surface area contributed by atoms with E-state index in [2.05, 4.69) is 36.0 Å². The maximum atomic E-state index is 14.3. The van der Waals surface area contributed by atoms with Crippen molar-refractivity contribution in [3.8, 4) is 0 Å². The molecule has 1 N–H and O–H groups in total. The quantitative estimate of drug-likeness (QED) is 0.290. The number of likely N-dealkylation sites (tertiary alicyclic amines) is 1. The van der Waals surface area contributed by atoms with Gasteiger partial charge in [-0.2, -0.15) is 0 Å². The first-order valence-corrected chi connectivity index (χ1v) is 15.2. The second kappa shape index (κ2) is 12.0. The van der Waals surface area contributed by atoms with Crippen LogP contribution >= 0.6 is 27.7 Å². The first-order chi connectivity index (χ1) is 18.3. The van der Waals surface area contributed by atoms with Gasteiger partial charge in [-0.25, -0.2) is 0 Å². The number of carbonyl (C=O) groups is 3. The molecule has 3 unspecified atom stereocenters. The van der Waals surface area contributed by atoms with Gasteiger partial charge in [0.25, 0.3) is 0 Å². The number of unbranched alkanes of at least 4 members (excludes halogenated alkanes) is 1. The highest BCUT2D eigenvalue weighted by Gasteiger charge is 2.76. The van der Waals surface area contributed by atoms with Gasteiger partial charge in [-0.1, -0.05) is 59.6 Å². The van der Waals surface area contributed by atoms with Gasteiger partial charge < -0.3 is 19.8 Å². The lowest BCUT2D eigenvalue weighted by Crippen LogP contribution is -2.57. The number of carbonyl (C=O) groups excluding carboxylic acids is 3. The van der Waals surface area contributed by atoms with Crippen LogP contribution in [0.15, 0.2) is 55.6 Å². The zero-order valence-electron chi connectivity index (χ0n) is 22.2. The minimum atomic E-state index is -0.753. The standard InChI is InChI=1S/C29H38BrN3O4S/c1-5-8-16-31(14-6-2)28(37)25-29-17-21(30)24(38-29)22(23(29)27(36)33(25)19(4)18-34)26(35)32(15-7-3)20-12-10-9-11-13-20/h6-7,9-13,19,21-25,34H,2-3,5,8,14-18H2,1,4H3/t19-,21?,22+,23+,24+,25?,29?/m1/s1. The molecule has 9 heteroatoms. The molecule has 3 aliphatic rings. The molecule has 3 amide bonds. The van der Waals surface area contributed by atoms with Crippen LogP contribution in [-0.2, 0) is 14.4 Å². The largest absolute Gasteiger partial charge is 0.394 e. The Bertz CT molecular complexity index is 1070. The minimum Gasteiger partial charge on any atom is -0.394 e. The number of rotatable bonds is 12. The number of thioether (sulfide) groups is 1. The molecular formula is C29H38BrN3O4S. The number of anilines is 1. The Hall–Kier alpha value is -2.10. The average Bonchev–Trinajstić information content (AvgIpc) is 3.52. The van der Waals surface area contributed by atoms with Gasteiger partial charge in [0, 0.05) is 35.4 Å². The molecule has 7 nitrogen and oxygen atoms in total. The Morgan fingerprint density at radius 2 is 1.92 bits per heavy atom. The molecule has 206 valence electrons. The van der Waals surface area contributed by atoms with Crippen LogP contribution < -0.4 is 4.90 Å². The van der Waals surface area contributed by atoms with E-state index in [1.165, 1.54) is 0 Å². The van der Waals surface area contributed by atoms with Gasteiger partial charge in [0.15, 0.2) is 0 Å². The van der Waals surface area contributed by atoms with E-state index in [-0.39, 0.29) is 34.4 Å². The number of benzene rings is 1. The number of nitrogens with zero attached hydrogens (tertiary/aromatic N) is 3. The van der Waals surface area contributed by atoms with Crippen LogP contribution in [0.2, 0.25) is 0 Å². The number of halogens is 1. The maximum Gasteiger partial charge on any atom is 0.247 e. The smallest absolute Gasteiger partial charge is 0.247 e. The van der Waals surface area contributed by atoms with Gasteiger partial charge in [-0.15, -0.1) is 24.9 Å². The van der Waals surface area contributed by atoms with E-state index >= 15 is 0 Å². The van der Waals surface area contributed by atoms with Gasteiger partial charge in [0.05, 0.1) is 29.2 Å². The van der Waals surface area contributed by atoms with Crippen LogP contribution in [0.4, 0.5) is 5.69 Å². The number of hydrogen-bond acceptors (Lipinski definition) is 5. The molecule has 0 saturated carbocycles. The summed E-state index contributed by atoms with van der Waals surface area (Å²) in [5, 5.41) is 9.98. The molecular weight excluding hydrogens is 566 g/mol. The van der Waals surface area contributed by atoms with Crippen molar-refractivity contribution in [3.63, 3.8) is 0 Å². The van der Waals surface area contributed by atoms with Gasteiger partial charge in [-0.3, -0.25) is 14.4 Å². The zero-order chi connectivity index (χ0) is 27.6. The van der Waals surface area contributed by atoms with Gasteiger partial charge >= 0.3 is 0 Å². The fourth-order valence-electron chi connectivity index (χ4n) is 6.40. The van der Waals surface area contributed by atoms with Crippen molar-refractivity contribution in [2.75, 3.05) is 31.1 Å². The van der Waals surface area contributed by atoms with Crippen molar-refractivity contribution >= 4 is 51.1 Å². The van der Waals surface area contributed by atoms with Crippen molar-refractivity contribution in [3.05, 3.63) is 55.6 Å². The number of alkyl halides is 1. The van der Waals surface area contributed by atoms with Crippen molar-refractivity contribution in [2.24, 2.45) is 11.8 Å². The van der Waals surface area contributed by atoms with Crippen LogP contribution in [0.25, 0.3) is 0 Å². The van der Waals surface area contributed by atoms with Gasteiger partial charge in [0.2, 0.25) is 17.7 Å². The molecule has 2 bridgehead atoms. The van der Waals surface area contributed by atoms with E-state index in [0.717, 1.165) is 18.5 Å². The van der Waals surface area contributed by atoms with Crippen LogP contribution in [-0.4, -0.2) is 85.8 Å². The van der Waals surface area contributed by atoms with E-state index in [9.17, 15) is 19.5 Å². The van der Waals surface area contributed by atoms with Crippen LogP contribution in [0.5, 0.6) is 0 Å². The molecule has 3 fully saturated rings. The molecule has 0 aromatic heterocycles. The molecule has 38 heavy (non-hydrogen) atoms. The summed E-state index contributed by atoms with van der Waals surface area (Å²) >= 11 is 5.45. The molecule has 3 aliphatic heterocycles. The predicted octanol–water partition coefficient (Wildman–Crippen LogP) is 3.87. The van der Waals surface area contributed by atoms with E-state index in [1.807, 2.05) is 30.3 Å². The summed E-state index contributed by atoms with van der Waals surface area (Å²) in [7, 11) is 0. The molecule has 4 rings (SSSR count). The predicted molar refractivity (Wildman–Crippen MR) is 156 cm³/mol. The monoisotopic (exact) mass is 603 g/mol. The number of aliphatic hydroxyl groups is 1. The Labute approximate surface area is 238 Å². The molecule has 1 aromatic carbocycles. The summed E-state index contributed by atoms with van der Waals surface area (Å²) in [5.41, 5.74) is 0.751. The number of para-hydroxylation sites is 1. The Morgan fingerprint density at radius 3 is 2.53 bits per heavy atom. The van der Waals surface area contributed by atoms with Crippen molar-refractivity contribution < 1.29 is 19.5 Å². The van der Waals surface area contributed by atoms with Gasteiger partial charge in [0.1, 0.15) is 6.04 Å². The summed E-state index contributed by atoms with van der Waals surface area (Å²) in [4.78, 5) is 47.8. The first kappa shape index (κ1) is 28.9. The number of amides is 3. The lowest BCUT2D eigenvalue weighted by Gasteiger charge is -2.39. The Balaban J connectivity index is 1.78. The third kappa shape index (κ3) is 4.75. The molecule has 0 aliphatic carbocycles. The third-order valence-corrected chi connectivity index (χ3v) is 11.3. The average molecular weight is 605 g/mol. The van der Waals surface area contributed by atoms with E-state index < -0.39 is 28.7 Å². The Kier molecular flexibility index (Phi) is 9.10. The SMILES string of the molecule is C=CCN(CCCC)C(=O)C1N([C@H](C)CO)C(=O)[C@@H]2[C@H](C(=O)N(CC=C)c3ccccc3)[C@H]3SC12CC3Br. The fraction of sp³-hybridized carbons (Fsp3) is 0.552. The van der Waals surface area contributed by atoms with Crippen LogP contribution in [0.3, 0.4) is 0 Å². The summed E-state index contributed by atoms with van der Waals surface area (Å²) in [6.07, 6.45) is 5.79. The molecule has 3 saturated heterocycles. The van der Waals surface area contributed by atoms with Crippen molar-refractivity contribution in [1.29, 1.82) is 0 Å². The first-order valence-electron chi connectivity index (χ1n) is 13.4. The highest BCUT2D eigenvalue weighted by atomic mass is 79.9. The van der Waals surface area contributed by atoms with Crippen LogP contribution in [0, 0.1) is 11.8 Å². The summed E-state index contributed by atoms with van der Waals surface area (Å²) in [5.74, 6) is -1.70. The highest BCUT2D eigenvalue weighted by molar-refractivity contribution is 9.09. The fourth-order valence-corrected chi connectivity index (χ4v) is 9.99. The molecule has 3 heterocycles.